The topological polar surface area (TPSA) is 79.9 Å². The van der Waals surface area contributed by atoms with Gasteiger partial charge in [0.05, 0.1) is 24.8 Å². The van der Waals surface area contributed by atoms with Crippen LogP contribution in [0.5, 0.6) is 0 Å². The summed E-state index contributed by atoms with van der Waals surface area (Å²) in [5.41, 5.74) is 1.66. The second kappa shape index (κ2) is 11.3. The van der Waals surface area contributed by atoms with Crippen LogP contribution in [0.4, 0.5) is 4.79 Å². The van der Waals surface area contributed by atoms with E-state index in [0.29, 0.717) is 42.5 Å². The molecule has 31 heavy (non-hydrogen) atoms. The summed E-state index contributed by atoms with van der Waals surface area (Å²) in [6, 6.07) is 10.1. The summed E-state index contributed by atoms with van der Waals surface area (Å²) < 4.78 is 10.6. The number of nitrogens with zero attached hydrogens (tertiary/aromatic N) is 1. The van der Waals surface area contributed by atoms with Gasteiger partial charge in [0.25, 0.3) is 0 Å². The zero-order valence-electron chi connectivity index (χ0n) is 17.5. The molecule has 0 radical (unpaired) electrons. The fourth-order valence-corrected chi connectivity index (χ4v) is 4.25. The molecule has 2 aromatic rings. The third kappa shape index (κ3) is 6.30. The van der Waals surface area contributed by atoms with Crippen molar-refractivity contribution in [2.75, 3.05) is 33.4 Å². The molecule has 1 atom stereocenters. The molecule has 9 heteroatoms. The highest BCUT2D eigenvalue weighted by atomic mass is 35.5. The van der Waals surface area contributed by atoms with Crippen molar-refractivity contribution < 1.29 is 19.1 Å². The molecule has 3 rings (SSSR count). The monoisotopic (exact) mass is 463 g/mol. The van der Waals surface area contributed by atoms with Crippen LogP contribution in [0.3, 0.4) is 0 Å². The number of esters is 1. The van der Waals surface area contributed by atoms with Crippen LogP contribution in [-0.4, -0.2) is 50.3 Å². The van der Waals surface area contributed by atoms with Gasteiger partial charge in [-0.1, -0.05) is 29.8 Å². The number of hydrogen-bond acceptors (Lipinski definition) is 6. The molecule has 0 saturated heterocycles. The van der Waals surface area contributed by atoms with E-state index in [-0.39, 0.29) is 12.6 Å². The second-order valence-electron chi connectivity index (χ2n) is 6.98. The first-order valence-electron chi connectivity index (χ1n) is 9.98. The molecule has 1 aliphatic heterocycles. The third-order valence-electron chi connectivity index (χ3n) is 4.81. The van der Waals surface area contributed by atoms with Crippen LogP contribution < -0.4 is 10.6 Å². The van der Waals surface area contributed by atoms with Crippen LogP contribution in [0.25, 0.3) is 0 Å². The Hall–Kier alpha value is -2.39. The van der Waals surface area contributed by atoms with Crippen LogP contribution >= 0.6 is 22.9 Å². The number of urea groups is 1. The zero-order chi connectivity index (χ0) is 22.2. The first kappa shape index (κ1) is 23.3. The molecule has 166 valence electrons. The lowest BCUT2D eigenvalue weighted by molar-refractivity contribution is -0.139. The molecular formula is C22H26ClN3O4S. The number of nitrogens with one attached hydrogen (secondary N) is 2. The van der Waals surface area contributed by atoms with Crippen LogP contribution in [0, 0.1) is 0 Å². The average Bonchev–Trinajstić information content (AvgIpc) is 3.25. The van der Waals surface area contributed by atoms with Gasteiger partial charge in [-0.25, -0.2) is 9.59 Å². The smallest absolute Gasteiger partial charge is 0.338 e. The van der Waals surface area contributed by atoms with Gasteiger partial charge in [0.1, 0.15) is 0 Å². The highest BCUT2D eigenvalue weighted by Crippen LogP contribution is 2.29. The summed E-state index contributed by atoms with van der Waals surface area (Å²) in [4.78, 5) is 28.7. The molecule has 1 aromatic carbocycles. The molecule has 2 amide bonds. The molecular weight excluding hydrogens is 438 g/mol. The minimum absolute atomic E-state index is 0.236. The Balaban J connectivity index is 1.97. The average molecular weight is 464 g/mol. The Morgan fingerprint density at radius 3 is 2.65 bits per heavy atom. The molecule has 2 N–H and O–H groups in total. The van der Waals surface area contributed by atoms with E-state index >= 15 is 0 Å². The number of methoxy groups -OCH3 is 1. The van der Waals surface area contributed by atoms with E-state index in [9.17, 15) is 9.59 Å². The predicted octanol–water partition coefficient (Wildman–Crippen LogP) is 3.72. The minimum Gasteiger partial charge on any atom is -0.463 e. The number of ether oxygens (including phenoxy) is 2. The molecule has 7 nitrogen and oxygen atoms in total. The van der Waals surface area contributed by atoms with Gasteiger partial charge in [0.15, 0.2) is 0 Å². The van der Waals surface area contributed by atoms with Crippen molar-refractivity contribution in [2.45, 2.75) is 19.5 Å². The summed E-state index contributed by atoms with van der Waals surface area (Å²) >= 11 is 7.68. The van der Waals surface area contributed by atoms with E-state index in [1.807, 2.05) is 11.4 Å². The summed E-state index contributed by atoms with van der Waals surface area (Å²) in [6.07, 6.45) is 0. The van der Waals surface area contributed by atoms with Gasteiger partial charge >= 0.3 is 12.0 Å². The van der Waals surface area contributed by atoms with Gasteiger partial charge in [-0.05, 0) is 36.1 Å². The highest BCUT2D eigenvalue weighted by Gasteiger charge is 2.34. The molecule has 0 saturated carbocycles. The summed E-state index contributed by atoms with van der Waals surface area (Å²) in [6.45, 7) is 4.21. The lowest BCUT2D eigenvalue weighted by atomic mass is 9.95. The lowest BCUT2D eigenvalue weighted by Crippen LogP contribution is -2.48. The molecule has 0 aliphatic carbocycles. The van der Waals surface area contributed by atoms with Crippen molar-refractivity contribution in [3.8, 4) is 0 Å². The van der Waals surface area contributed by atoms with E-state index in [2.05, 4.69) is 21.6 Å². The van der Waals surface area contributed by atoms with Crippen molar-refractivity contribution >= 4 is 34.9 Å². The second-order valence-corrected chi connectivity index (χ2v) is 8.45. The number of amides is 2. The number of carbonyl (C=O) groups excluding carboxylic acids is 2. The van der Waals surface area contributed by atoms with Crippen LogP contribution in [0.1, 0.15) is 23.4 Å². The van der Waals surface area contributed by atoms with Crippen molar-refractivity contribution in [3.05, 3.63) is 68.5 Å². The fourth-order valence-electron chi connectivity index (χ4n) is 3.38. The van der Waals surface area contributed by atoms with Crippen molar-refractivity contribution in [2.24, 2.45) is 0 Å². The Morgan fingerprint density at radius 1 is 1.23 bits per heavy atom. The quantitative estimate of drug-likeness (QED) is 0.525. The summed E-state index contributed by atoms with van der Waals surface area (Å²) in [7, 11) is 1.65. The number of hydrogen-bond donors (Lipinski definition) is 2. The zero-order valence-corrected chi connectivity index (χ0v) is 19.1. The van der Waals surface area contributed by atoms with E-state index in [4.69, 9.17) is 21.1 Å². The van der Waals surface area contributed by atoms with Crippen LogP contribution in [0.2, 0.25) is 5.02 Å². The molecule has 1 unspecified atom stereocenters. The minimum atomic E-state index is -0.633. The number of carbonyl (C=O) groups is 2. The third-order valence-corrected chi connectivity index (χ3v) is 5.92. The first-order valence-corrected chi connectivity index (χ1v) is 11.2. The molecule has 2 heterocycles. The van der Waals surface area contributed by atoms with Gasteiger partial charge in [0, 0.05) is 42.3 Å². The van der Waals surface area contributed by atoms with E-state index in [1.165, 1.54) is 4.88 Å². The van der Waals surface area contributed by atoms with Gasteiger partial charge in [-0.2, -0.15) is 0 Å². The van der Waals surface area contributed by atoms with E-state index in [0.717, 1.165) is 5.56 Å². The summed E-state index contributed by atoms with van der Waals surface area (Å²) in [5.74, 6) is -0.465. The maximum Gasteiger partial charge on any atom is 0.338 e. The largest absolute Gasteiger partial charge is 0.463 e. The van der Waals surface area contributed by atoms with Gasteiger partial charge in [0.2, 0.25) is 0 Å². The molecule has 0 spiro atoms. The predicted molar refractivity (Wildman–Crippen MR) is 121 cm³/mol. The molecule has 0 bridgehead atoms. The SMILES string of the molecule is CCOC(=O)C1=C(CN(CCOC)Cc2cccs2)NC(=O)NC1c1ccc(Cl)cc1. The fraction of sp³-hybridized carbons (Fsp3) is 0.364. The Labute approximate surface area is 191 Å². The first-order chi connectivity index (χ1) is 15.0. The van der Waals surface area contributed by atoms with Crippen molar-refractivity contribution in [3.63, 3.8) is 0 Å². The van der Waals surface area contributed by atoms with Gasteiger partial charge in [-0.3, -0.25) is 4.90 Å². The van der Waals surface area contributed by atoms with Crippen LogP contribution in [0.15, 0.2) is 53.0 Å². The van der Waals surface area contributed by atoms with Gasteiger partial charge in [-0.15, -0.1) is 11.3 Å². The summed E-state index contributed by atoms with van der Waals surface area (Å²) in [5, 5.41) is 8.27. The lowest BCUT2D eigenvalue weighted by Gasteiger charge is -2.32. The van der Waals surface area contributed by atoms with Gasteiger partial charge < -0.3 is 20.1 Å². The number of thiophene rings is 1. The van der Waals surface area contributed by atoms with Crippen molar-refractivity contribution in [1.82, 2.24) is 15.5 Å². The Bertz CT molecular complexity index is 915. The molecule has 1 aromatic heterocycles. The number of rotatable bonds is 10. The normalized spacial score (nSPS) is 16.3. The van der Waals surface area contributed by atoms with Crippen LogP contribution in [-0.2, 0) is 20.8 Å². The standard InChI is InChI=1S/C22H26ClN3O4S/c1-3-30-21(27)19-18(14-26(10-11-29-2)13-17-5-4-12-31-17)24-22(28)25-20(19)15-6-8-16(23)9-7-15/h4-9,12,20H,3,10-11,13-14H2,1-2H3,(H2,24,25,28). The maximum atomic E-state index is 12.9. The Morgan fingerprint density at radius 2 is 2.00 bits per heavy atom. The number of halogens is 1. The van der Waals surface area contributed by atoms with E-state index in [1.54, 1.807) is 49.6 Å². The number of benzene rings is 1. The molecule has 0 fully saturated rings. The maximum absolute atomic E-state index is 12.9. The van der Waals surface area contributed by atoms with E-state index < -0.39 is 12.0 Å². The Kier molecular flexibility index (Phi) is 8.48. The molecule has 1 aliphatic rings. The van der Waals surface area contributed by atoms with Crippen molar-refractivity contribution in [1.29, 1.82) is 0 Å². The highest BCUT2D eigenvalue weighted by molar-refractivity contribution is 7.09.